The highest BCUT2D eigenvalue weighted by molar-refractivity contribution is 5.79. The number of carbonyl (C=O) groups excluding carboxylic acids is 1. The van der Waals surface area contributed by atoms with Crippen LogP contribution in [0.5, 0.6) is 0 Å². The maximum atomic E-state index is 12.4. The third kappa shape index (κ3) is 2.57. The van der Waals surface area contributed by atoms with Gasteiger partial charge in [-0.2, -0.15) is 0 Å². The summed E-state index contributed by atoms with van der Waals surface area (Å²) in [7, 11) is 0. The number of piperazine rings is 1. The first kappa shape index (κ1) is 11.9. The molecule has 0 spiro atoms. The van der Waals surface area contributed by atoms with E-state index in [2.05, 4.69) is 24.1 Å². The summed E-state index contributed by atoms with van der Waals surface area (Å²) < 4.78 is 0. The van der Waals surface area contributed by atoms with Crippen LogP contribution in [-0.2, 0) is 4.79 Å². The van der Waals surface area contributed by atoms with Gasteiger partial charge in [-0.05, 0) is 26.7 Å². The summed E-state index contributed by atoms with van der Waals surface area (Å²) >= 11 is 0. The molecular formula is C13H24N2O. The lowest BCUT2D eigenvalue weighted by atomic mass is 9.87. The van der Waals surface area contributed by atoms with E-state index < -0.39 is 0 Å². The van der Waals surface area contributed by atoms with E-state index in [1.807, 2.05) is 0 Å². The molecule has 0 bridgehead atoms. The van der Waals surface area contributed by atoms with Crippen LogP contribution in [0.1, 0.15) is 46.0 Å². The number of amides is 1. The number of hydrogen-bond donors (Lipinski definition) is 1. The van der Waals surface area contributed by atoms with Crippen LogP contribution in [0.15, 0.2) is 0 Å². The fraction of sp³-hybridized carbons (Fsp3) is 0.923. The maximum absolute atomic E-state index is 12.4. The van der Waals surface area contributed by atoms with Crippen LogP contribution >= 0.6 is 0 Å². The van der Waals surface area contributed by atoms with Gasteiger partial charge in [-0.1, -0.05) is 19.3 Å². The average molecular weight is 224 g/mol. The molecule has 0 aromatic carbocycles. The Kier molecular flexibility index (Phi) is 3.85. The zero-order valence-corrected chi connectivity index (χ0v) is 10.5. The second-order valence-corrected chi connectivity index (χ2v) is 5.48. The Balaban J connectivity index is 1.96. The molecule has 2 fully saturated rings. The van der Waals surface area contributed by atoms with Crippen LogP contribution in [0.25, 0.3) is 0 Å². The lowest BCUT2D eigenvalue weighted by Gasteiger charge is -2.40. The summed E-state index contributed by atoms with van der Waals surface area (Å²) in [6.07, 6.45) is 6.03. The van der Waals surface area contributed by atoms with Crippen molar-refractivity contribution < 1.29 is 4.79 Å². The van der Waals surface area contributed by atoms with Crippen molar-refractivity contribution >= 4 is 5.91 Å². The Morgan fingerprint density at radius 3 is 2.56 bits per heavy atom. The molecule has 1 N–H and O–H groups in total. The number of carbonyl (C=O) groups is 1. The maximum Gasteiger partial charge on any atom is 0.226 e. The van der Waals surface area contributed by atoms with Gasteiger partial charge in [0, 0.05) is 31.1 Å². The molecule has 0 aromatic rings. The van der Waals surface area contributed by atoms with E-state index in [1.54, 1.807) is 0 Å². The Labute approximate surface area is 98.6 Å². The normalized spacial score (nSPS) is 32.8. The summed E-state index contributed by atoms with van der Waals surface area (Å²) in [5.74, 6) is 0.738. The van der Waals surface area contributed by atoms with Crippen molar-refractivity contribution in [2.75, 3.05) is 13.1 Å². The zero-order chi connectivity index (χ0) is 11.5. The van der Waals surface area contributed by atoms with Crippen molar-refractivity contribution in [1.82, 2.24) is 10.2 Å². The molecule has 1 aliphatic carbocycles. The van der Waals surface area contributed by atoms with E-state index >= 15 is 0 Å². The lowest BCUT2D eigenvalue weighted by molar-refractivity contribution is -0.140. The minimum Gasteiger partial charge on any atom is -0.337 e. The quantitative estimate of drug-likeness (QED) is 0.736. The number of nitrogens with zero attached hydrogens (tertiary/aromatic N) is 1. The number of rotatable bonds is 1. The summed E-state index contributed by atoms with van der Waals surface area (Å²) in [6, 6.07) is 0.814. The fourth-order valence-electron chi connectivity index (χ4n) is 2.91. The molecule has 2 rings (SSSR count). The Hall–Kier alpha value is -0.570. The molecule has 1 heterocycles. The smallest absolute Gasteiger partial charge is 0.226 e. The number of nitrogens with one attached hydrogen (secondary N) is 1. The minimum absolute atomic E-state index is 0.321. The molecule has 2 unspecified atom stereocenters. The van der Waals surface area contributed by atoms with Gasteiger partial charge in [-0.3, -0.25) is 4.79 Å². The van der Waals surface area contributed by atoms with Crippen LogP contribution in [0.2, 0.25) is 0 Å². The van der Waals surface area contributed by atoms with E-state index in [4.69, 9.17) is 0 Å². The van der Waals surface area contributed by atoms with Gasteiger partial charge in [0.15, 0.2) is 0 Å². The van der Waals surface area contributed by atoms with Crippen molar-refractivity contribution in [1.29, 1.82) is 0 Å². The summed E-state index contributed by atoms with van der Waals surface area (Å²) in [4.78, 5) is 14.5. The molecule has 3 heteroatoms. The third-order valence-electron chi connectivity index (χ3n) is 4.00. The molecule has 92 valence electrons. The SMILES string of the molecule is CC1CN(C(=O)C2CCCCC2)C(C)CN1. The van der Waals surface area contributed by atoms with Crippen molar-refractivity contribution in [3.8, 4) is 0 Å². The predicted molar refractivity (Wildman–Crippen MR) is 65.2 cm³/mol. The van der Waals surface area contributed by atoms with Gasteiger partial charge < -0.3 is 10.2 Å². The monoisotopic (exact) mass is 224 g/mol. The first-order valence-electron chi connectivity index (χ1n) is 6.72. The standard InChI is InChI=1S/C13H24N2O/c1-10-9-15(11(2)8-14-10)13(16)12-6-4-3-5-7-12/h10-12,14H,3-9H2,1-2H3. The van der Waals surface area contributed by atoms with Crippen LogP contribution in [0.3, 0.4) is 0 Å². The Bertz CT molecular complexity index is 248. The van der Waals surface area contributed by atoms with E-state index in [0.29, 0.717) is 23.9 Å². The van der Waals surface area contributed by atoms with Gasteiger partial charge in [-0.25, -0.2) is 0 Å². The topological polar surface area (TPSA) is 32.3 Å². The largest absolute Gasteiger partial charge is 0.337 e. The second-order valence-electron chi connectivity index (χ2n) is 5.48. The third-order valence-corrected chi connectivity index (χ3v) is 4.00. The van der Waals surface area contributed by atoms with E-state index in [1.165, 1.54) is 19.3 Å². The first-order valence-corrected chi connectivity index (χ1v) is 6.72. The van der Waals surface area contributed by atoms with Crippen LogP contribution in [-0.4, -0.2) is 36.0 Å². The van der Waals surface area contributed by atoms with Crippen LogP contribution in [0, 0.1) is 5.92 Å². The van der Waals surface area contributed by atoms with E-state index in [0.717, 1.165) is 25.9 Å². The van der Waals surface area contributed by atoms with Crippen LogP contribution < -0.4 is 5.32 Å². The molecule has 1 saturated heterocycles. The molecule has 1 aliphatic heterocycles. The highest BCUT2D eigenvalue weighted by Crippen LogP contribution is 2.26. The van der Waals surface area contributed by atoms with Crippen molar-refractivity contribution in [2.24, 2.45) is 5.92 Å². The van der Waals surface area contributed by atoms with Gasteiger partial charge in [0.05, 0.1) is 0 Å². The molecule has 3 nitrogen and oxygen atoms in total. The summed E-state index contributed by atoms with van der Waals surface area (Å²) in [5.41, 5.74) is 0. The molecule has 1 amide bonds. The Morgan fingerprint density at radius 2 is 1.88 bits per heavy atom. The van der Waals surface area contributed by atoms with Gasteiger partial charge >= 0.3 is 0 Å². The molecule has 16 heavy (non-hydrogen) atoms. The minimum atomic E-state index is 0.321. The summed E-state index contributed by atoms with van der Waals surface area (Å²) in [6.45, 7) is 6.14. The fourth-order valence-corrected chi connectivity index (χ4v) is 2.91. The molecule has 2 aliphatic rings. The van der Waals surface area contributed by atoms with Gasteiger partial charge in [0.2, 0.25) is 5.91 Å². The molecule has 0 aromatic heterocycles. The predicted octanol–water partition coefficient (Wildman–Crippen LogP) is 1.78. The average Bonchev–Trinajstić information content (AvgIpc) is 2.32. The van der Waals surface area contributed by atoms with Gasteiger partial charge in [-0.15, -0.1) is 0 Å². The molecule has 0 radical (unpaired) electrons. The second kappa shape index (κ2) is 5.17. The zero-order valence-electron chi connectivity index (χ0n) is 10.5. The number of hydrogen-bond acceptors (Lipinski definition) is 2. The van der Waals surface area contributed by atoms with Crippen LogP contribution in [0.4, 0.5) is 0 Å². The lowest BCUT2D eigenvalue weighted by Crippen LogP contribution is -2.57. The van der Waals surface area contributed by atoms with E-state index in [9.17, 15) is 4.79 Å². The molecule has 2 atom stereocenters. The van der Waals surface area contributed by atoms with Crippen molar-refractivity contribution in [3.05, 3.63) is 0 Å². The van der Waals surface area contributed by atoms with Crippen molar-refractivity contribution in [3.63, 3.8) is 0 Å². The highest BCUT2D eigenvalue weighted by Gasteiger charge is 2.31. The Morgan fingerprint density at radius 1 is 1.19 bits per heavy atom. The summed E-state index contributed by atoms with van der Waals surface area (Å²) in [5, 5.41) is 3.43. The molecular weight excluding hydrogens is 200 g/mol. The van der Waals surface area contributed by atoms with E-state index in [-0.39, 0.29) is 0 Å². The van der Waals surface area contributed by atoms with Crippen molar-refractivity contribution in [2.45, 2.75) is 58.0 Å². The first-order chi connectivity index (χ1) is 7.68. The van der Waals surface area contributed by atoms with Gasteiger partial charge in [0.25, 0.3) is 0 Å². The highest BCUT2D eigenvalue weighted by atomic mass is 16.2. The van der Waals surface area contributed by atoms with Gasteiger partial charge in [0.1, 0.15) is 0 Å². The molecule has 1 saturated carbocycles.